The summed E-state index contributed by atoms with van der Waals surface area (Å²) in [5.41, 5.74) is 3.56. The van der Waals surface area contributed by atoms with E-state index >= 15 is 0 Å². The Bertz CT molecular complexity index is 1200. The number of halogens is 1. The number of benzene rings is 3. The van der Waals surface area contributed by atoms with Crippen molar-refractivity contribution in [3.05, 3.63) is 97.5 Å². The molecule has 0 spiro atoms. The van der Waals surface area contributed by atoms with Crippen LogP contribution in [0.25, 0.3) is 11.6 Å². The second-order valence-electron chi connectivity index (χ2n) is 6.78. The normalized spacial score (nSPS) is 11.0. The van der Waals surface area contributed by atoms with E-state index in [1.165, 1.54) is 12.1 Å². The molecule has 7 heteroatoms. The third-order valence-corrected chi connectivity index (χ3v) is 5.23. The number of hydrogen-bond donors (Lipinski definition) is 0. The Labute approximate surface area is 188 Å². The molecule has 0 bridgehead atoms. The van der Waals surface area contributed by atoms with Gasteiger partial charge in [0.25, 0.3) is 5.69 Å². The highest BCUT2D eigenvalue weighted by molar-refractivity contribution is 9.10. The lowest BCUT2D eigenvalue weighted by atomic mass is 10.0. The summed E-state index contributed by atoms with van der Waals surface area (Å²) in [4.78, 5) is 10.6. The molecule has 0 fully saturated rings. The zero-order chi connectivity index (χ0) is 22.4. The van der Waals surface area contributed by atoms with Gasteiger partial charge in [0.15, 0.2) is 11.5 Å². The molecule has 0 amide bonds. The van der Waals surface area contributed by atoms with Crippen molar-refractivity contribution in [2.24, 2.45) is 0 Å². The summed E-state index contributed by atoms with van der Waals surface area (Å²) in [6, 6.07) is 19.7. The molecule has 6 nitrogen and oxygen atoms in total. The highest BCUT2D eigenvalue weighted by Crippen LogP contribution is 2.36. The molecular formula is C24H19BrN2O4. The molecule has 3 rings (SSSR count). The number of nitrogens with zero attached hydrogens (tertiary/aromatic N) is 2. The Morgan fingerprint density at radius 1 is 1.16 bits per heavy atom. The van der Waals surface area contributed by atoms with E-state index in [1.54, 1.807) is 37.5 Å². The number of methoxy groups -OCH3 is 1. The van der Waals surface area contributed by atoms with Gasteiger partial charge in [-0.05, 0) is 41.8 Å². The van der Waals surface area contributed by atoms with E-state index in [0.29, 0.717) is 39.3 Å². The molecule has 0 aliphatic heterocycles. The number of allylic oxidation sites excluding steroid dienone is 1. The molecule has 0 aliphatic carbocycles. The van der Waals surface area contributed by atoms with E-state index < -0.39 is 4.92 Å². The first kappa shape index (κ1) is 22.1. The van der Waals surface area contributed by atoms with Gasteiger partial charge in [0.1, 0.15) is 6.61 Å². The molecular weight excluding hydrogens is 460 g/mol. The smallest absolute Gasteiger partial charge is 0.270 e. The second kappa shape index (κ2) is 9.92. The average molecular weight is 479 g/mol. The lowest BCUT2D eigenvalue weighted by molar-refractivity contribution is -0.384. The topological polar surface area (TPSA) is 85.4 Å². The van der Waals surface area contributed by atoms with Crippen molar-refractivity contribution in [3.63, 3.8) is 0 Å². The second-order valence-corrected chi connectivity index (χ2v) is 7.63. The van der Waals surface area contributed by atoms with Crippen LogP contribution in [0.15, 0.2) is 65.1 Å². The Morgan fingerprint density at radius 2 is 1.94 bits per heavy atom. The lowest BCUT2D eigenvalue weighted by Gasteiger charge is -2.13. The minimum absolute atomic E-state index is 0.0739. The van der Waals surface area contributed by atoms with Gasteiger partial charge < -0.3 is 9.47 Å². The summed E-state index contributed by atoms with van der Waals surface area (Å²) < 4.78 is 12.1. The monoisotopic (exact) mass is 478 g/mol. The quantitative estimate of drug-likeness (QED) is 0.171. The van der Waals surface area contributed by atoms with Crippen LogP contribution in [0.3, 0.4) is 0 Å². The highest BCUT2D eigenvalue weighted by atomic mass is 79.9. The number of aryl methyl sites for hydroxylation is 1. The predicted octanol–water partition coefficient (Wildman–Crippen LogP) is 6.32. The Balaban J connectivity index is 1.92. The zero-order valence-electron chi connectivity index (χ0n) is 17.0. The van der Waals surface area contributed by atoms with Crippen molar-refractivity contribution < 1.29 is 14.4 Å². The number of nitro groups is 1. The van der Waals surface area contributed by atoms with Crippen LogP contribution in [0.4, 0.5) is 5.69 Å². The van der Waals surface area contributed by atoms with Gasteiger partial charge in [-0.3, -0.25) is 10.1 Å². The van der Waals surface area contributed by atoms with Crippen LogP contribution in [0, 0.1) is 28.4 Å². The molecule has 0 N–H and O–H groups in total. The molecule has 0 saturated heterocycles. The third-order valence-electron chi connectivity index (χ3n) is 4.55. The standard InChI is InChI=1S/C24H19BrN2O4/c1-16-5-3-6-17(9-16)15-31-24-13-22(25)19(12-23(24)30-2)10-20(14-26)18-7-4-8-21(11-18)27(28)29/h3-13H,15H2,1-2H3. The molecule has 0 aliphatic rings. The van der Waals surface area contributed by atoms with Crippen LogP contribution in [0.1, 0.15) is 22.3 Å². The summed E-state index contributed by atoms with van der Waals surface area (Å²) >= 11 is 3.52. The summed E-state index contributed by atoms with van der Waals surface area (Å²) in [5.74, 6) is 1.07. The first-order valence-corrected chi connectivity index (χ1v) is 10.1. The van der Waals surface area contributed by atoms with Crippen molar-refractivity contribution in [2.75, 3.05) is 7.11 Å². The fourth-order valence-electron chi connectivity index (χ4n) is 3.02. The summed E-state index contributed by atoms with van der Waals surface area (Å²) in [7, 11) is 1.54. The van der Waals surface area contributed by atoms with Gasteiger partial charge in [-0.15, -0.1) is 0 Å². The summed E-state index contributed by atoms with van der Waals surface area (Å²) in [6.45, 7) is 2.41. The number of nitro benzene ring substituents is 1. The van der Waals surface area contributed by atoms with Crippen molar-refractivity contribution in [1.82, 2.24) is 0 Å². The third kappa shape index (κ3) is 5.50. The fraction of sp³-hybridized carbons (Fsp3) is 0.125. The van der Waals surface area contributed by atoms with E-state index in [4.69, 9.17) is 9.47 Å². The first-order chi connectivity index (χ1) is 14.9. The number of nitriles is 1. The summed E-state index contributed by atoms with van der Waals surface area (Å²) in [6.07, 6.45) is 1.65. The van der Waals surface area contributed by atoms with Gasteiger partial charge >= 0.3 is 0 Å². The molecule has 0 saturated carbocycles. The first-order valence-electron chi connectivity index (χ1n) is 9.33. The van der Waals surface area contributed by atoms with E-state index in [0.717, 1.165) is 11.1 Å². The van der Waals surface area contributed by atoms with E-state index in [1.807, 2.05) is 25.1 Å². The maximum absolute atomic E-state index is 11.0. The number of hydrogen-bond acceptors (Lipinski definition) is 5. The Morgan fingerprint density at radius 3 is 2.61 bits per heavy atom. The van der Waals surface area contributed by atoms with Crippen molar-refractivity contribution in [2.45, 2.75) is 13.5 Å². The molecule has 156 valence electrons. The van der Waals surface area contributed by atoms with Crippen LogP contribution < -0.4 is 9.47 Å². The molecule has 0 atom stereocenters. The van der Waals surface area contributed by atoms with Crippen LogP contribution in [-0.4, -0.2) is 12.0 Å². The molecule has 0 radical (unpaired) electrons. The minimum Gasteiger partial charge on any atom is -0.493 e. The van der Waals surface area contributed by atoms with Gasteiger partial charge in [-0.1, -0.05) is 57.9 Å². The Kier molecular flexibility index (Phi) is 7.06. The SMILES string of the molecule is COc1cc(C=C(C#N)c2cccc([N+](=O)[O-])c2)c(Br)cc1OCc1cccc(C)c1. The number of rotatable bonds is 7. The van der Waals surface area contributed by atoms with Crippen LogP contribution in [0.5, 0.6) is 11.5 Å². The maximum Gasteiger partial charge on any atom is 0.270 e. The van der Waals surface area contributed by atoms with Gasteiger partial charge in [-0.25, -0.2) is 0 Å². The summed E-state index contributed by atoms with van der Waals surface area (Å²) in [5, 5.41) is 20.7. The van der Waals surface area contributed by atoms with Crippen LogP contribution >= 0.6 is 15.9 Å². The molecule has 0 heterocycles. The van der Waals surface area contributed by atoms with Gasteiger partial charge in [0, 0.05) is 16.6 Å². The fourth-order valence-corrected chi connectivity index (χ4v) is 3.46. The molecule has 0 aromatic heterocycles. The average Bonchev–Trinajstić information content (AvgIpc) is 2.77. The zero-order valence-corrected chi connectivity index (χ0v) is 18.5. The Hall–Kier alpha value is -3.63. The van der Waals surface area contributed by atoms with Gasteiger partial charge in [-0.2, -0.15) is 5.26 Å². The predicted molar refractivity (Wildman–Crippen MR) is 123 cm³/mol. The molecule has 31 heavy (non-hydrogen) atoms. The van der Waals surface area contributed by atoms with E-state index in [9.17, 15) is 15.4 Å². The molecule has 3 aromatic rings. The highest BCUT2D eigenvalue weighted by Gasteiger charge is 2.13. The number of ether oxygens (including phenoxy) is 2. The van der Waals surface area contributed by atoms with Crippen LogP contribution in [0.2, 0.25) is 0 Å². The van der Waals surface area contributed by atoms with Crippen LogP contribution in [-0.2, 0) is 6.61 Å². The van der Waals surface area contributed by atoms with Gasteiger partial charge in [0.2, 0.25) is 0 Å². The number of non-ortho nitro benzene ring substituents is 1. The maximum atomic E-state index is 11.0. The van der Waals surface area contributed by atoms with Crippen molar-refractivity contribution in [1.29, 1.82) is 5.26 Å². The molecule has 3 aromatic carbocycles. The molecule has 0 unspecified atom stereocenters. The van der Waals surface area contributed by atoms with Gasteiger partial charge in [0.05, 0.1) is 23.7 Å². The largest absolute Gasteiger partial charge is 0.493 e. The van der Waals surface area contributed by atoms with E-state index in [2.05, 4.69) is 28.1 Å². The van der Waals surface area contributed by atoms with Crippen molar-refractivity contribution in [3.8, 4) is 17.6 Å². The van der Waals surface area contributed by atoms with Crippen molar-refractivity contribution >= 4 is 33.3 Å². The van der Waals surface area contributed by atoms with E-state index in [-0.39, 0.29) is 5.69 Å². The lowest BCUT2D eigenvalue weighted by Crippen LogP contribution is -1.99. The minimum atomic E-state index is -0.488.